The predicted octanol–water partition coefficient (Wildman–Crippen LogP) is 3.67. The maximum absolute atomic E-state index is 12.7. The van der Waals surface area contributed by atoms with Crippen LogP contribution in [0, 0.1) is 6.92 Å². The Kier molecular flexibility index (Phi) is 5.43. The molecule has 0 unspecified atom stereocenters. The summed E-state index contributed by atoms with van der Waals surface area (Å²) in [5, 5.41) is 11.8. The Hall–Kier alpha value is -4.66. The average Bonchev–Trinajstić information content (AvgIpc) is 3.46. The van der Waals surface area contributed by atoms with Gasteiger partial charge in [-0.3, -0.25) is 9.59 Å². The summed E-state index contributed by atoms with van der Waals surface area (Å²) in [6.45, 7) is 3.42. The van der Waals surface area contributed by atoms with Crippen LogP contribution in [0.25, 0.3) is 22.7 Å². The second-order valence-electron chi connectivity index (χ2n) is 7.91. The van der Waals surface area contributed by atoms with E-state index in [0.717, 1.165) is 22.6 Å². The number of benzene rings is 1. The molecule has 4 aromatic heterocycles. The molecular formula is C25H21N7O2. The van der Waals surface area contributed by atoms with Crippen LogP contribution >= 0.6 is 0 Å². The number of fused-ring (bicyclic) bond motifs is 1. The first-order valence-corrected chi connectivity index (χ1v) is 10.7. The van der Waals surface area contributed by atoms with Crippen molar-refractivity contribution >= 4 is 23.0 Å². The fourth-order valence-corrected chi connectivity index (χ4v) is 3.67. The molecule has 1 amide bonds. The fourth-order valence-electron chi connectivity index (χ4n) is 3.67. The summed E-state index contributed by atoms with van der Waals surface area (Å²) >= 11 is 0. The molecule has 0 aliphatic heterocycles. The van der Waals surface area contributed by atoms with Crippen molar-refractivity contribution in [2.75, 3.05) is 5.32 Å². The number of hydrogen-bond donors (Lipinski definition) is 1. The summed E-state index contributed by atoms with van der Waals surface area (Å²) in [4.78, 5) is 33.0. The van der Waals surface area contributed by atoms with Crippen molar-refractivity contribution in [3.05, 3.63) is 90.1 Å². The zero-order valence-corrected chi connectivity index (χ0v) is 18.6. The van der Waals surface area contributed by atoms with Crippen LogP contribution in [0.15, 0.2) is 73.2 Å². The average molecular weight is 451 g/mol. The van der Waals surface area contributed by atoms with Crippen molar-refractivity contribution in [3.63, 3.8) is 0 Å². The third-order valence-corrected chi connectivity index (χ3v) is 5.34. The second-order valence-corrected chi connectivity index (χ2v) is 7.91. The summed E-state index contributed by atoms with van der Waals surface area (Å²) in [7, 11) is 0. The number of Topliss-reactive ketones (excluding diaryl/α,β-unsaturated/α-hetero) is 1. The Morgan fingerprint density at radius 1 is 1.03 bits per heavy atom. The van der Waals surface area contributed by atoms with Crippen LogP contribution in [0.2, 0.25) is 0 Å². The molecular weight excluding hydrogens is 430 g/mol. The van der Waals surface area contributed by atoms with Crippen molar-refractivity contribution in [2.45, 2.75) is 20.3 Å². The molecule has 0 atom stereocenters. The van der Waals surface area contributed by atoms with E-state index in [0.29, 0.717) is 22.8 Å². The quantitative estimate of drug-likeness (QED) is 0.395. The molecule has 0 saturated heterocycles. The summed E-state index contributed by atoms with van der Waals surface area (Å²) in [6.07, 6.45) is 3.44. The third-order valence-electron chi connectivity index (χ3n) is 5.34. The van der Waals surface area contributed by atoms with Crippen molar-refractivity contribution in [1.29, 1.82) is 0 Å². The number of nitrogens with one attached hydrogen (secondary N) is 1. The minimum Gasteiger partial charge on any atom is -0.326 e. The van der Waals surface area contributed by atoms with E-state index in [4.69, 9.17) is 0 Å². The van der Waals surface area contributed by atoms with Crippen LogP contribution < -0.4 is 5.32 Å². The number of hydrogen-bond acceptors (Lipinski definition) is 6. The first kappa shape index (κ1) is 21.2. The normalized spacial score (nSPS) is 11.0. The Balaban J connectivity index is 1.46. The van der Waals surface area contributed by atoms with Gasteiger partial charge in [0.1, 0.15) is 6.33 Å². The van der Waals surface area contributed by atoms with Crippen LogP contribution in [0.5, 0.6) is 0 Å². The number of rotatable bonds is 6. The van der Waals surface area contributed by atoms with Gasteiger partial charge in [-0.1, -0.05) is 6.07 Å². The highest BCUT2D eigenvalue weighted by Crippen LogP contribution is 2.24. The first-order chi connectivity index (χ1) is 16.5. The number of nitrogens with zero attached hydrogens (tertiary/aromatic N) is 6. The molecule has 0 bridgehead atoms. The van der Waals surface area contributed by atoms with Gasteiger partial charge < -0.3 is 5.32 Å². The van der Waals surface area contributed by atoms with E-state index in [1.165, 1.54) is 13.3 Å². The molecule has 34 heavy (non-hydrogen) atoms. The topological polar surface area (TPSA) is 107 Å². The summed E-state index contributed by atoms with van der Waals surface area (Å²) in [5.74, 6) is 0.417. The number of aromatic nitrogens is 6. The molecule has 0 fully saturated rings. The molecule has 0 saturated carbocycles. The van der Waals surface area contributed by atoms with Gasteiger partial charge in [0.05, 0.1) is 17.8 Å². The fraction of sp³-hybridized carbons (Fsp3) is 0.120. The number of pyridine rings is 2. The number of amides is 1. The smallest absolute Gasteiger partial charge is 0.230 e. The molecule has 9 nitrogen and oxygen atoms in total. The molecule has 9 heteroatoms. The Labute approximate surface area is 195 Å². The molecule has 5 aromatic rings. The number of carbonyl (C=O) groups is 2. The van der Waals surface area contributed by atoms with Crippen molar-refractivity contribution in [2.24, 2.45) is 0 Å². The monoisotopic (exact) mass is 451 g/mol. The molecule has 0 aliphatic rings. The Morgan fingerprint density at radius 2 is 1.85 bits per heavy atom. The number of ketones is 1. The van der Waals surface area contributed by atoms with Crippen LogP contribution in [0.3, 0.4) is 0 Å². The summed E-state index contributed by atoms with van der Waals surface area (Å²) < 4.78 is 3.42. The highest BCUT2D eigenvalue weighted by molar-refractivity contribution is 5.96. The standard InChI is InChI=1S/C25H21N7O2/c1-16-4-3-5-24(28-16)32-22(19-8-11-23-26-15-27-31(23)14-19)12-21(30-32)13-25(34)29-20-9-6-18(7-10-20)17(2)33/h3-12,14-15H,13H2,1-2H3,(H,29,34). The lowest BCUT2D eigenvalue weighted by molar-refractivity contribution is -0.115. The predicted molar refractivity (Wildman–Crippen MR) is 127 cm³/mol. The SMILES string of the molecule is CC(=O)c1ccc(NC(=O)Cc2cc(-c3ccc4ncnn4c3)n(-c3cccc(C)n3)n2)cc1. The molecule has 1 N–H and O–H groups in total. The van der Waals surface area contributed by atoms with E-state index in [-0.39, 0.29) is 18.1 Å². The lowest BCUT2D eigenvalue weighted by atomic mass is 10.1. The molecule has 4 heterocycles. The van der Waals surface area contributed by atoms with E-state index in [9.17, 15) is 9.59 Å². The Morgan fingerprint density at radius 3 is 2.62 bits per heavy atom. The van der Waals surface area contributed by atoms with Crippen LogP contribution in [-0.2, 0) is 11.2 Å². The minimum absolute atomic E-state index is 0.0233. The molecule has 1 aromatic carbocycles. The highest BCUT2D eigenvalue weighted by atomic mass is 16.1. The van der Waals surface area contributed by atoms with Gasteiger partial charge in [0.25, 0.3) is 0 Å². The molecule has 168 valence electrons. The van der Waals surface area contributed by atoms with E-state index in [1.807, 2.05) is 49.5 Å². The maximum atomic E-state index is 12.7. The van der Waals surface area contributed by atoms with Crippen molar-refractivity contribution in [3.8, 4) is 17.1 Å². The number of carbonyl (C=O) groups excluding carboxylic acids is 2. The second kappa shape index (κ2) is 8.70. The summed E-state index contributed by atoms with van der Waals surface area (Å²) in [6, 6.07) is 18.2. The first-order valence-electron chi connectivity index (χ1n) is 10.7. The molecule has 5 rings (SSSR count). The van der Waals surface area contributed by atoms with E-state index < -0.39 is 0 Å². The zero-order chi connectivity index (χ0) is 23.7. The number of aryl methyl sites for hydroxylation is 1. The maximum Gasteiger partial charge on any atom is 0.230 e. The van der Waals surface area contributed by atoms with Crippen molar-refractivity contribution in [1.82, 2.24) is 29.4 Å². The minimum atomic E-state index is -0.212. The van der Waals surface area contributed by atoms with Crippen LogP contribution in [-0.4, -0.2) is 41.1 Å². The molecule has 0 aliphatic carbocycles. The van der Waals surface area contributed by atoms with Gasteiger partial charge in [0.15, 0.2) is 17.2 Å². The largest absolute Gasteiger partial charge is 0.326 e. The number of anilines is 1. The van der Waals surface area contributed by atoms with Gasteiger partial charge in [-0.15, -0.1) is 0 Å². The Bertz CT molecular complexity index is 1520. The van der Waals surface area contributed by atoms with Gasteiger partial charge in [0.2, 0.25) is 5.91 Å². The highest BCUT2D eigenvalue weighted by Gasteiger charge is 2.16. The molecule has 0 spiro atoms. The van der Waals surface area contributed by atoms with Gasteiger partial charge in [-0.25, -0.2) is 19.2 Å². The van der Waals surface area contributed by atoms with E-state index in [1.54, 1.807) is 33.5 Å². The lowest BCUT2D eigenvalue weighted by Crippen LogP contribution is -2.15. The molecule has 0 radical (unpaired) electrons. The van der Waals surface area contributed by atoms with Gasteiger partial charge >= 0.3 is 0 Å². The van der Waals surface area contributed by atoms with E-state index >= 15 is 0 Å². The van der Waals surface area contributed by atoms with Crippen LogP contribution in [0.1, 0.15) is 28.7 Å². The van der Waals surface area contributed by atoms with E-state index in [2.05, 4.69) is 25.5 Å². The van der Waals surface area contributed by atoms with Crippen LogP contribution in [0.4, 0.5) is 5.69 Å². The van der Waals surface area contributed by atoms with Crippen molar-refractivity contribution < 1.29 is 9.59 Å². The summed E-state index contributed by atoms with van der Waals surface area (Å²) in [5.41, 5.74) is 5.04. The van der Waals surface area contributed by atoms with Gasteiger partial charge in [0, 0.05) is 28.7 Å². The third kappa shape index (κ3) is 4.31. The van der Waals surface area contributed by atoms with Gasteiger partial charge in [-0.05, 0) is 68.4 Å². The lowest BCUT2D eigenvalue weighted by Gasteiger charge is -2.07. The zero-order valence-electron chi connectivity index (χ0n) is 18.6. The van der Waals surface area contributed by atoms with Gasteiger partial charge in [-0.2, -0.15) is 10.2 Å².